The van der Waals surface area contributed by atoms with Crippen molar-refractivity contribution in [1.29, 1.82) is 0 Å². The Balaban J connectivity index is 2.11. The maximum Gasteiger partial charge on any atom is 0.152 e. The van der Waals surface area contributed by atoms with E-state index in [1.807, 2.05) is 10.8 Å². The Kier molecular flexibility index (Phi) is 4.07. The Morgan fingerprint density at radius 1 is 1.56 bits per heavy atom. The van der Waals surface area contributed by atoms with Crippen molar-refractivity contribution < 1.29 is 8.42 Å². The van der Waals surface area contributed by atoms with Gasteiger partial charge in [0.15, 0.2) is 9.84 Å². The Labute approximate surface area is 109 Å². The number of nitrogens with one attached hydrogen (secondary N) is 1. The molecule has 1 aliphatic rings. The molecule has 6 heteroatoms. The van der Waals surface area contributed by atoms with Gasteiger partial charge in [-0.25, -0.2) is 13.4 Å². The largest absolute Gasteiger partial charge is 0.329 e. The molecule has 1 aromatic heterocycles. The zero-order valence-electron chi connectivity index (χ0n) is 11.0. The fraction of sp³-hybridized carbons (Fsp3) is 0.750. The molecule has 1 unspecified atom stereocenters. The van der Waals surface area contributed by atoms with Gasteiger partial charge in [-0.15, -0.1) is 0 Å². The lowest BCUT2D eigenvalue weighted by molar-refractivity contribution is 0.449. The van der Waals surface area contributed by atoms with Crippen LogP contribution >= 0.6 is 0 Å². The summed E-state index contributed by atoms with van der Waals surface area (Å²) in [6.45, 7) is 4.91. The summed E-state index contributed by atoms with van der Waals surface area (Å²) in [6.07, 6.45) is 5.24. The number of sulfone groups is 1. The molecule has 5 nitrogen and oxygen atoms in total. The third kappa shape index (κ3) is 3.32. The number of nitrogens with zero attached hydrogens (tertiary/aromatic N) is 2. The van der Waals surface area contributed by atoms with Gasteiger partial charge in [-0.3, -0.25) is 0 Å². The first-order valence-electron chi connectivity index (χ1n) is 6.42. The first-order chi connectivity index (χ1) is 8.48. The highest BCUT2D eigenvalue weighted by atomic mass is 32.2. The van der Waals surface area contributed by atoms with Gasteiger partial charge in [-0.1, -0.05) is 13.8 Å². The van der Waals surface area contributed by atoms with E-state index < -0.39 is 9.84 Å². The second-order valence-corrected chi connectivity index (χ2v) is 7.47. The molecule has 18 heavy (non-hydrogen) atoms. The van der Waals surface area contributed by atoms with E-state index in [0.29, 0.717) is 11.8 Å². The molecular weight excluding hydrogens is 250 g/mol. The van der Waals surface area contributed by atoms with Crippen molar-refractivity contribution in [2.75, 3.05) is 11.5 Å². The average molecular weight is 271 g/mol. The van der Waals surface area contributed by atoms with E-state index in [1.165, 1.54) is 0 Å². The lowest BCUT2D eigenvalue weighted by atomic mass is 10.2. The maximum atomic E-state index is 11.7. The highest BCUT2D eigenvalue weighted by Crippen LogP contribution is 2.24. The highest BCUT2D eigenvalue weighted by Gasteiger charge is 2.26. The van der Waals surface area contributed by atoms with Crippen LogP contribution in [0.25, 0.3) is 0 Å². The van der Waals surface area contributed by atoms with Gasteiger partial charge < -0.3 is 9.88 Å². The minimum Gasteiger partial charge on any atom is -0.329 e. The molecule has 102 valence electrons. The Bertz CT molecular complexity index is 493. The number of imidazole rings is 1. The first kappa shape index (κ1) is 13.5. The molecule has 2 rings (SSSR count). The summed E-state index contributed by atoms with van der Waals surface area (Å²) in [5.74, 6) is 0.579. The quantitative estimate of drug-likeness (QED) is 0.891. The molecule has 1 aliphatic heterocycles. The predicted molar refractivity (Wildman–Crippen MR) is 71.1 cm³/mol. The Morgan fingerprint density at radius 2 is 2.33 bits per heavy atom. The number of aromatic nitrogens is 2. The van der Waals surface area contributed by atoms with Gasteiger partial charge in [-0.05, 0) is 12.8 Å². The van der Waals surface area contributed by atoms with E-state index in [-0.39, 0.29) is 11.8 Å². The molecule has 0 aromatic carbocycles. The molecule has 0 radical (unpaired) electrons. The van der Waals surface area contributed by atoms with Crippen molar-refractivity contribution in [2.24, 2.45) is 0 Å². The minimum atomic E-state index is -2.88. The van der Waals surface area contributed by atoms with Crippen molar-refractivity contribution in [3.8, 4) is 0 Å². The van der Waals surface area contributed by atoms with E-state index in [0.717, 1.165) is 25.1 Å². The van der Waals surface area contributed by atoms with Crippen LogP contribution in [-0.4, -0.2) is 35.5 Å². The molecule has 1 atom stereocenters. The molecule has 2 heterocycles. The summed E-state index contributed by atoms with van der Waals surface area (Å²) >= 11 is 0. The van der Waals surface area contributed by atoms with Crippen molar-refractivity contribution in [1.82, 2.24) is 14.9 Å². The van der Waals surface area contributed by atoms with Gasteiger partial charge in [0.25, 0.3) is 0 Å². The molecule has 0 bridgehead atoms. The van der Waals surface area contributed by atoms with Crippen molar-refractivity contribution in [3.05, 3.63) is 18.2 Å². The second-order valence-electron chi connectivity index (χ2n) is 5.24. The van der Waals surface area contributed by atoms with Gasteiger partial charge in [-0.2, -0.15) is 0 Å². The van der Waals surface area contributed by atoms with Crippen LogP contribution in [0, 0.1) is 0 Å². The summed E-state index contributed by atoms with van der Waals surface area (Å²) in [6, 6.07) is 0.457. The predicted octanol–water partition coefficient (Wildman–Crippen LogP) is 1.13. The van der Waals surface area contributed by atoms with Crippen molar-refractivity contribution in [3.63, 3.8) is 0 Å². The molecule has 0 aliphatic carbocycles. The monoisotopic (exact) mass is 271 g/mol. The summed E-state index contributed by atoms with van der Waals surface area (Å²) in [5.41, 5.74) is 1.06. The summed E-state index contributed by atoms with van der Waals surface area (Å²) in [4.78, 5) is 4.15. The minimum absolute atomic E-state index is 0.0511. The molecular formula is C12H21N3O2S. The van der Waals surface area contributed by atoms with Gasteiger partial charge >= 0.3 is 0 Å². The molecule has 0 amide bonds. The molecule has 0 saturated carbocycles. The first-order valence-corrected chi connectivity index (χ1v) is 8.24. The van der Waals surface area contributed by atoms with Crippen LogP contribution in [-0.2, 0) is 16.4 Å². The molecule has 1 aromatic rings. The number of hydrogen-bond donors (Lipinski definition) is 1. The van der Waals surface area contributed by atoms with E-state index in [1.54, 1.807) is 6.33 Å². The van der Waals surface area contributed by atoms with Crippen LogP contribution in [0.4, 0.5) is 0 Å². The van der Waals surface area contributed by atoms with E-state index in [9.17, 15) is 8.42 Å². The third-order valence-electron chi connectivity index (χ3n) is 3.27. The average Bonchev–Trinajstić information content (AvgIpc) is 2.73. The lowest BCUT2D eigenvalue weighted by Gasteiger charge is -2.25. The van der Waals surface area contributed by atoms with Crippen LogP contribution in [0.1, 0.15) is 38.4 Å². The van der Waals surface area contributed by atoms with Gasteiger partial charge in [0.1, 0.15) is 0 Å². The van der Waals surface area contributed by atoms with Crippen LogP contribution < -0.4 is 5.32 Å². The molecule has 1 N–H and O–H groups in total. The normalized spacial score (nSPS) is 23.4. The van der Waals surface area contributed by atoms with Gasteiger partial charge in [0, 0.05) is 24.8 Å². The highest BCUT2D eigenvalue weighted by molar-refractivity contribution is 7.91. The topological polar surface area (TPSA) is 64.0 Å². The molecule has 1 fully saturated rings. The fourth-order valence-corrected chi connectivity index (χ4v) is 4.01. The van der Waals surface area contributed by atoms with Crippen molar-refractivity contribution in [2.45, 2.75) is 45.3 Å². The van der Waals surface area contributed by atoms with Crippen LogP contribution in [0.3, 0.4) is 0 Å². The molecule has 1 saturated heterocycles. The zero-order chi connectivity index (χ0) is 13.2. The molecule has 0 spiro atoms. The van der Waals surface area contributed by atoms with Crippen LogP contribution in [0.2, 0.25) is 0 Å². The van der Waals surface area contributed by atoms with Gasteiger partial charge in [0.2, 0.25) is 0 Å². The fourth-order valence-electron chi connectivity index (χ4n) is 2.32. The Morgan fingerprint density at radius 3 is 3.00 bits per heavy atom. The summed E-state index contributed by atoms with van der Waals surface area (Å²) in [7, 11) is -2.88. The zero-order valence-corrected chi connectivity index (χ0v) is 11.8. The number of rotatable bonds is 4. The summed E-state index contributed by atoms with van der Waals surface area (Å²) in [5, 5.41) is 3.34. The van der Waals surface area contributed by atoms with E-state index >= 15 is 0 Å². The smallest absolute Gasteiger partial charge is 0.152 e. The lowest BCUT2D eigenvalue weighted by Crippen LogP contribution is -2.30. The third-order valence-corrected chi connectivity index (χ3v) is 5.07. The SMILES string of the molecule is CC(C)NCc1cncn1C1CCCS(=O)(=O)C1. The summed E-state index contributed by atoms with van der Waals surface area (Å²) < 4.78 is 25.4. The van der Waals surface area contributed by atoms with E-state index in [2.05, 4.69) is 24.1 Å². The second kappa shape index (κ2) is 5.40. The van der Waals surface area contributed by atoms with Crippen molar-refractivity contribution >= 4 is 9.84 Å². The Hall–Kier alpha value is -0.880. The van der Waals surface area contributed by atoms with Crippen LogP contribution in [0.15, 0.2) is 12.5 Å². The maximum absolute atomic E-state index is 11.7. The number of hydrogen-bond acceptors (Lipinski definition) is 4. The van der Waals surface area contributed by atoms with Crippen LogP contribution in [0.5, 0.6) is 0 Å². The van der Waals surface area contributed by atoms with E-state index in [4.69, 9.17) is 0 Å². The van der Waals surface area contributed by atoms with Gasteiger partial charge in [0.05, 0.1) is 23.5 Å². The standard InChI is InChI=1S/C12H21N3O2S/c1-10(2)14-7-12-6-13-9-15(12)11-4-3-5-18(16,17)8-11/h6,9-11,14H,3-5,7-8H2,1-2H3.